The monoisotopic (exact) mass is 366 g/mol. The van der Waals surface area contributed by atoms with Crippen molar-refractivity contribution in [2.75, 3.05) is 18.5 Å². The van der Waals surface area contributed by atoms with Crippen molar-refractivity contribution in [2.45, 2.75) is 20.4 Å². The van der Waals surface area contributed by atoms with Gasteiger partial charge in [-0.1, -0.05) is 6.07 Å². The first-order valence-corrected chi connectivity index (χ1v) is 8.32. The summed E-state index contributed by atoms with van der Waals surface area (Å²) in [6.45, 7) is 5.30. The third kappa shape index (κ3) is 5.56. The Hall–Kier alpha value is -2.41. The number of hydrogen-bond acceptors (Lipinski definition) is 3. The number of thiocarbonyl (C=S) groups is 1. The molecular weight excluding hydrogens is 346 g/mol. The van der Waals surface area contributed by atoms with Crippen LogP contribution in [-0.2, 0) is 6.54 Å². The second kappa shape index (κ2) is 9.17. The molecule has 134 valence electrons. The summed E-state index contributed by atoms with van der Waals surface area (Å²) in [5.74, 6) is -0.00194. The summed E-state index contributed by atoms with van der Waals surface area (Å²) in [6, 6.07) is 8.84. The van der Waals surface area contributed by atoms with Crippen LogP contribution in [0.2, 0.25) is 0 Å². The van der Waals surface area contributed by atoms with E-state index in [0.717, 1.165) is 17.7 Å². The normalized spacial score (nSPS) is 10.2. The van der Waals surface area contributed by atoms with E-state index >= 15 is 0 Å². The van der Waals surface area contributed by atoms with Crippen molar-refractivity contribution in [2.24, 2.45) is 0 Å². The highest BCUT2D eigenvalue weighted by molar-refractivity contribution is 7.80. The number of hydrogen-bond donors (Lipinski definition) is 2. The van der Waals surface area contributed by atoms with E-state index in [1.807, 2.05) is 32.0 Å². The molecule has 0 amide bonds. The first kappa shape index (κ1) is 18.9. The van der Waals surface area contributed by atoms with E-state index in [2.05, 4.69) is 10.6 Å². The van der Waals surface area contributed by atoms with E-state index in [1.165, 1.54) is 6.07 Å². The number of benzene rings is 2. The lowest BCUT2D eigenvalue weighted by Crippen LogP contribution is -2.28. The first-order valence-electron chi connectivity index (χ1n) is 7.92. The fourth-order valence-corrected chi connectivity index (χ4v) is 2.33. The molecule has 0 unspecified atom stereocenters. The van der Waals surface area contributed by atoms with Gasteiger partial charge in [0.2, 0.25) is 0 Å². The van der Waals surface area contributed by atoms with Gasteiger partial charge >= 0.3 is 0 Å². The zero-order valence-electron chi connectivity index (χ0n) is 14.1. The predicted octanol–water partition coefficient (Wildman–Crippen LogP) is 4.25. The number of anilines is 1. The zero-order chi connectivity index (χ0) is 18.2. The van der Waals surface area contributed by atoms with E-state index in [-0.39, 0.29) is 10.8 Å². The van der Waals surface area contributed by atoms with Crippen molar-refractivity contribution < 1.29 is 18.3 Å². The number of halogens is 2. The largest absolute Gasteiger partial charge is 0.490 e. The minimum atomic E-state index is -0.705. The summed E-state index contributed by atoms with van der Waals surface area (Å²) in [5.41, 5.74) is 1.04. The maximum absolute atomic E-state index is 13.6. The summed E-state index contributed by atoms with van der Waals surface area (Å²) in [6.07, 6.45) is 0. The van der Waals surface area contributed by atoms with Gasteiger partial charge in [0, 0.05) is 12.6 Å². The van der Waals surface area contributed by atoms with Gasteiger partial charge in [-0.05, 0) is 55.9 Å². The average molecular weight is 366 g/mol. The smallest absolute Gasteiger partial charge is 0.171 e. The van der Waals surface area contributed by atoms with Gasteiger partial charge in [-0.25, -0.2) is 8.78 Å². The van der Waals surface area contributed by atoms with E-state index in [0.29, 0.717) is 31.3 Å². The van der Waals surface area contributed by atoms with E-state index in [1.54, 1.807) is 0 Å². The van der Waals surface area contributed by atoms with Crippen LogP contribution in [0, 0.1) is 11.6 Å². The molecule has 2 aromatic carbocycles. The van der Waals surface area contributed by atoms with Gasteiger partial charge in [0.05, 0.1) is 18.9 Å². The molecule has 2 N–H and O–H groups in total. The van der Waals surface area contributed by atoms with Crippen LogP contribution in [0.4, 0.5) is 14.5 Å². The number of ether oxygens (including phenoxy) is 2. The molecule has 0 fully saturated rings. The highest BCUT2D eigenvalue weighted by atomic mass is 32.1. The molecular formula is C18H20F2N2O2S. The highest BCUT2D eigenvalue weighted by Crippen LogP contribution is 2.28. The van der Waals surface area contributed by atoms with Gasteiger partial charge in [-0.2, -0.15) is 0 Å². The van der Waals surface area contributed by atoms with Crippen LogP contribution < -0.4 is 20.1 Å². The van der Waals surface area contributed by atoms with Crippen LogP contribution in [0.25, 0.3) is 0 Å². The summed E-state index contributed by atoms with van der Waals surface area (Å²) in [5, 5.41) is 5.91. The van der Waals surface area contributed by atoms with E-state index in [9.17, 15) is 8.78 Å². The van der Waals surface area contributed by atoms with Gasteiger partial charge in [0.25, 0.3) is 0 Å². The van der Waals surface area contributed by atoms with Crippen molar-refractivity contribution >= 4 is 23.0 Å². The van der Waals surface area contributed by atoms with Crippen LogP contribution in [0.1, 0.15) is 19.4 Å². The lowest BCUT2D eigenvalue weighted by molar-refractivity contribution is 0.287. The zero-order valence-corrected chi connectivity index (χ0v) is 14.9. The van der Waals surface area contributed by atoms with Crippen molar-refractivity contribution in [3.05, 3.63) is 53.6 Å². The molecule has 2 rings (SSSR count). The lowest BCUT2D eigenvalue weighted by Gasteiger charge is -2.14. The Bertz CT molecular complexity index is 741. The topological polar surface area (TPSA) is 42.5 Å². The standard InChI is InChI=1S/C18H20F2N2O2S/c1-3-23-16-8-5-12(9-17(16)24-4-2)11-21-18(25)22-15-7-6-13(19)10-14(15)20/h5-10H,3-4,11H2,1-2H3,(H2,21,22,25). The molecule has 0 bridgehead atoms. The second-order valence-corrected chi connectivity index (χ2v) is 5.49. The van der Waals surface area contributed by atoms with Gasteiger partial charge in [-0.15, -0.1) is 0 Å². The van der Waals surface area contributed by atoms with Gasteiger partial charge < -0.3 is 20.1 Å². The molecule has 2 aromatic rings. The van der Waals surface area contributed by atoms with Crippen LogP contribution in [0.3, 0.4) is 0 Å². The third-order valence-corrected chi connectivity index (χ3v) is 3.49. The summed E-state index contributed by atoms with van der Waals surface area (Å²) < 4.78 is 37.6. The Morgan fingerprint density at radius 1 is 1.00 bits per heavy atom. The molecule has 0 saturated carbocycles. The van der Waals surface area contributed by atoms with Crippen LogP contribution in [-0.4, -0.2) is 18.3 Å². The quantitative estimate of drug-likeness (QED) is 0.717. The minimum absolute atomic E-state index is 0.112. The van der Waals surface area contributed by atoms with Crippen LogP contribution in [0.15, 0.2) is 36.4 Å². The molecule has 0 heterocycles. The molecule has 0 saturated heterocycles. The first-order chi connectivity index (χ1) is 12.0. The Kier molecular flexibility index (Phi) is 6.94. The van der Waals surface area contributed by atoms with E-state index < -0.39 is 11.6 Å². The fraction of sp³-hybridized carbons (Fsp3) is 0.278. The Morgan fingerprint density at radius 2 is 1.72 bits per heavy atom. The third-order valence-electron chi connectivity index (χ3n) is 3.24. The molecule has 0 aliphatic rings. The molecule has 0 aliphatic heterocycles. The Balaban J connectivity index is 1.97. The molecule has 0 atom stereocenters. The van der Waals surface area contributed by atoms with Gasteiger partial charge in [0.15, 0.2) is 16.6 Å². The lowest BCUT2D eigenvalue weighted by atomic mass is 10.2. The van der Waals surface area contributed by atoms with Crippen LogP contribution in [0.5, 0.6) is 11.5 Å². The average Bonchev–Trinajstić information content (AvgIpc) is 2.58. The molecule has 0 aliphatic carbocycles. The molecule has 0 spiro atoms. The van der Waals surface area contributed by atoms with Gasteiger partial charge in [0.1, 0.15) is 11.6 Å². The Labute approximate surface area is 151 Å². The molecule has 4 nitrogen and oxygen atoms in total. The SMILES string of the molecule is CCOc1ccc(CNC(=S)Nc2ccc(F)cc2F)cc1OCC. The fourth-order valence-electron chi connectivity index (χ4n) is 2.15. The molecule has 7 heteroatoms. The highest BCUT2D eigenvalue weighted by Gasteiger charge is 2.08. The predicted molar refractivity (Wildman–Crippen MR) is 98.2 cm³/mol. The summed E-state index contributed by atoms with van der Waals surface area (Å²) >= 11 is 5.14. The molecule has 25 heavy (non-hydrogen) atoms. The maximum atomic E-state index is 13.6. The number of nitrogens with one attached hydrogen (secondary N) is 2. The second-order valence-electron chi connectivity index (χ2n) is 5.08. The van der Waals surface area contributed by atoms with Crippen molar-refractivity contribution in [1.29, 1.82) is 0 Å². The maximum Gasteiger partial charge on any atom is 0.171 e. The minimum Gasteiger partial charge on any atom is -0.490 e. The molecule has 0 aromatic heterocycles. The molecule has 0 radical (unpaired) electrons. The van der Waals surface area contributed by atoms with Crippen molar-refractivity contribution in [3.8, 4) is 11.5 Å². The van der Waals surface area contributed by atoms with E-state index in [4.69, 9.17) is 21.7 Å². The summed E-state index contributed by atoms with van der Waals surface area (Å²) in [4.78, 5) is 0. The number of rotatable bonds is 7. The summed E-state index contributed by atoms with van der Waals surface area (Å²) in [7, 11) is 0. The van der Waals surface area contributed by atoms with Crippen molar-refractivity contribution in [1.82, 2.24) is 5.32 Å². The van der Waals surface area contributed by atoms with Crippen LogP contribution >= 0.6 is 12.2 Å². The Morgan fingerprint density at radius 3 is 2.40 bits per heavy atom. The van der Waals surface area contributed by atoms with Gasteiger partial charge in [-0.3, -0.25) is 0 Å². The van der Waals surface area contributed by atoms with Crippen molar-refractivity contribution in [3.63, 3.8) is 0 Å².